The summed E-state index contributed by atoms with van der Waals surface area (Å²) in [5, 5.41) is 1.21. The Labute approximate surface area is 147 Å². The maximum absolute atomic E-state index is 14.8. The second kappa shape index (κ2) is 4.89. The van der Waals surface area contributed by atoms with Crippen molar-refractivity contribution in [2.45, 2.75) is 0 Å². The Morgan fingerprint density at radius 2 is 1.96 bits per heavy atom. The number of hydrogen-bond acceptors (Lipinski definition) is 1. The molecule has 1 aromatic carbocycles. The fourth-order valence-corrected chi connectivity index (χ4v) is 3.80. The quantitative estimate of drug-likeness (QED) is 0.471. The Hall–Kier alpha value is -2.73. The largest absolute Gasteiger partial charge is 0.737 e. The normalized spacial score (nSPS) is 17.6. The van der Waals surface area contributed by atoms with Crippen LogP contribution in [0.1, 0.15) is 11.3 Å². The molecule has 25 heavy (non-hydrogen) atoms. The molecule has 0 saturated heterocycles. The summed E-state index contributed by atoms with van der Waals surface area (Å²) in [6.07, 6.45) is 6.12. The number of para-hydroxylation sites is 1. The molecule has 0 saturated carbocycles. The van der Waals surface area contributed by atoms with Crippen LogP contribution in [0.25, 0.3) is 16.5 Å². The molecule has 0 unspecified atom stereocenters. The van der Waals surface area contributed by atoms with Gasteiger partial charge in [-0.25, -0.2) is 4.98 Å². The summed E-state index contributed by atoms with van der Waals surface area (Å²) in [5.41, 5.74) is 2.95. The molecule has 2 aliphatic heterocycles. The number of hydrogen-bond donors (Lipinski definition) is 0. The highest BCUT2D eigenvalue weighted by Gasteiger charge is 2.51. The molecule has 3 aromatic rings. The van der Waals surface area contributed by atoms with Gasteiger partial charge in [0.05, 0.1) is 11.1 Å². The molecule has 3 nitrogen and oxygen atoms in total. The lowest BCUT2D eigenvalue weighted by Crippen LogP contribution is -2.49. The first-order valence-corrected chi connectivity index (χ1v) is 8.25. The fraction of sp³-hybridized carbons (Fsp3) is 0. The molecule has 0 amide bonds. The first kappa shape index (κ1) is 14.6. The maximum atomic E-state index is 14.8. The summed E-state index contributed by atoms with van der Waals surface area (Å²) in [4.78, 5) is 4.45. The molecule has 0 radical (unpaired) electrons. The number of nitrogens with zero attached hydrogens (tertiary/aromatic N) is 3. The average molecular weight is 354 g/mol. The van der Waals surface area contributed by atoms with Crippen LogP contribution >= 0.6 is 11.6 Å². The van der Waals surface area contributed by atoms with Gasteiger partial charge in [-0.05, 0) is 30.5 Å². The average Bonchev–Trinajstić information content (AvgIpc) is 3.25. The Morgan fingerprint density at radius 1 is 1.12 bits per heavy atom. The molecule has 0 aliphatic carbocycles. The zero-order chi connectivity index (χ0) is 17.2. The SMILES string of the molecule is F[B-]1(F)n2cccc2C(c2cc3ccccc3nc2Cl)=C2C=CC=[N+]21. The van der Waals surface area contributed by atoms with Crippen LogP contribution in [0.4, 0.5) is 8.63 Å². The van der Waals surface area contributed by atoms with Gasteiger partial charge < -0.3 is 17.6 Å². The first-order chi connectivity index (χ1) is 12.1. The zero-order valence-electron chi connectivity index (χ0n) is 12.9. The van der Waals surface area contributed by atoms with Gasteiger partial charge in [0, 0.05) is 28.8 Å². The first-order valence-electron chi connectivity index (χ1n) is 7.87. The van der Waals surface area contributed by atoms with E-state index in [1.54, 1.807) is 24.3 Å². The van der Waals surface area contributed by atoms with Crippen molar-refractivity contribution in [2.75, 3.05) is 0 Å². The smallest absolute Gasteiger partial charge is 0.396 e. The second-order valence-corrected chi connectivity index (χ2v) is 6.44. The molecule has 2 aromatic heterocycles. The molecular weight excluding hydrogens is 342 g/mol. The Morgan fingerprint density at radius 3 is 2.84 bits per heavy atom. The molecule has 122 valence electrons. The Bertz CT molecular complexity index is 1140. The lowest BCUT2D eigenvalue weighted by atomic mass is 9.86. The third-order valence-corrected chi connectivity index (χ3v) is 4.97. The number of halogens is 3. The summed E-state index contributed by atoms with van der Waals surface area (Å²) in [6, 6.07) is 12.8. The van der Waals surface area contributed by atoms with Crippen LogP contribution in [0.3, 0.4) is 0 Å². The number of pyridine rings is 1. The van der Waals surface area contributed by atoms with E-state index in [-0.39, 0.29) is 0 Å². The summed E-state index contributed by atoms with van der Waals surface area (Å²) in [6.45, 7) is -3.91. The highest BCUT2D eigenvalue weighted by Crippen LogP contribution is 2.40. The van der Waals surface area contributed by atoms with Gasteiger partial charge >= 0.3 is 6.97 Å². The highest BCUT2D eigenvalue weighted by atomic mass is 35.5. The Kier molecular flexibility index (Phi) is 2.86. The molecular formula is C18H11BClF2N3. The minimum atomic E-state index is -3.91. The van der Waals surface area contributed by atoms with Gasteiger partial charge in [-0.1, -0.05) is 29.8 Å². The number of allylic oxidation sites excluding steroid dienone is 2. The van der Waals surface area contributed by atoms with Gasteiger partial charge in [0.2, 0.25) is 0 Å². The lowest BCUT2D eigenvalue weighted by Gasteiger charge is -2.31. The zero-order valence-corrected chi connectivity index (χ0v) is 13.7. The minimum absolute atomic E-state index is 0.298. The van der Waals surface area contributed by atoms with E-state index in [4.69, 9.17) is 11.6 Å². The monoisotopic (exact) mass is 353 g/mol. The molecule has 0 atom stereocenters. The van der Waals surface area contributed by atoms with Gasteiger partial charge in [-0.3, -0.25) is 0 Å². The van der Waals surface area contributed by atoms with Crippen LogP contribution in [0.2, 0.25) is 5.15 Å². The molecule has 5 rings (SSSR count). The van der Waals surface area contributed by atoms with Crippen LogP contribution in [-0.2, 0) is 0 Å². The van der Waals surface area contributed by atoms with E-state index in [1.165, 1.54) is 12.4 Å². The molecule has 0 spiro atoms. The van der Waals surface area contributed by atoms with E-state index >= 15 is 0 Å². The van der Waals surface area contributed by atoms with E-state index in [0.29, 0.717) is 27.7 Å². The third kappa shape index (κ3) is 1.91. The van der Waals surface area contributed by atoms with Gasteiger partial charge in [0.15, 0.2) is 5.70 Å². The standard InChI is InChI=1S/C18H11BClF2N3/c20-18-13(11-12-5-1-2-6-14(12)23-18)17-15-7-3-9-24(15)19(21,22)25-10-4-8-16(17)25/h1-11H. The van der Waals surface area contributed by atoms with Crippen molar-refractivity contribution in [1.29, 1.82) is 0 Å². The van der Waals surface area contributed by atoms with Crippen LogP contribution in [0, 0.1) is 0 Å². The summed E-state index contributed by atoms with van der Waals surface area (Å²) >= 11 is 6.44. The number of fused-ring (bicyclic) bond motifs is 3. The minimum Gasteiger partial charge on any atom is -0.396 e. The summed E-state index contributed by atoms with van der Waals surface area (Å²) < 4.78 is 31.7. The van der Waals surface area contributed by atoms with Crippen LogP contribution in [-0.4, -0.2) is 27.1 Å². The highest BCUT2D eigenvalue weighted by molar-refractivity contribution is 6.57. The van der Waals surface area contributed by atoms with Gasteiger partial charge in [0.1, 0.15) is 11.4 Å². The second-order valence-electron chi connectivity index (χ2n) is 6.08. The van der Waals surface area contributed by atoms with E-state index in [0.717, 1.165) is 19.9 Å². The molecule has 0 bridgehead atoms. The third-order valence-electron chi connectivity index (χ3n) is 4.69. The van der Waals surface area contributed by atoms with E-state index in [9.17, 15) is 8.63 Å². The van der Waals surface area contributed by atoms with Crippen LogP contribution < -0.4 is 0 Å². The fourth-order valence-electron chi connectivity index (χ4n) is 3.56. The van der Waals surface area contributed by atoms with Crippen molar-refractivity contribution < 1.29 is 13.1 Å². The van der Waals surface area contributed by atoms with Gasteiger partial charge in [-0.2, -0.15) is 0 Å². The van der Waals surface area contributed by atoms with Gasteiger partial charge in [0.25, 0.3) is 0 Å². The van der Waals surface area contributed by atoms with Crippen molar-refractivity contribution in [3.8, 4) is 0 Å². The van der Waals surface area contributed by atoms with Crippen molar-refractivity contribution in [3.05, 3.63) is 82.9 Å². The summed E-state index contributed by atoms with van der Waals surface area (Å²) in [7, 11) is 0. The maximum Gasteiger partial charge on any atom is 0.737 e. The van der Waals surface area contributed by atoms with Crippen LogP contribution in [0.15, 0.2) is 66.5 Å². The molecule has 0 fully saturated rings. The molecule has 7 heteroatoms. The number of benzene rings is 1. The topological polar surface area (TPSA) is 20.8 Å². The molecule has 2 aliphatic rings. The number of aromatic nitrogens is 2. The van der Waals surface area contributed by atoms with Crippen molar-refractivity contribution in [1.82, 2.24) is 9.46 Å². The number of rotatable bonds is 1. The predicted octanol–water partition coefficient (Wildman–Crippen LogP) is 4.34. The van der Waals surface area contributed by atoms with E-state index < -0.39 is 6.97 Å². The van der Waals surface area contributed by atoms with Crippen molar-refractivity contribution >= 4 is 41.3 Å². The predicted molar refractivity (Wildman–Crippen MR) is 96.0 cm³/mol. The van der Waals surface area contributed by atoms with E-state index in [2.05, 4.69) is 4.98 Å². The van der Waals surface area contributed by atoms with E-state index in [1.807, 2.05) is 30.3 Å². The van der Waals surface area contributed by atoms with Crippen molar-refractivity contribution in [2.24, 2.45) is 0 Å². The summed E-state index contributed by atoms with van der Waals surface area (Å²) in [5.74, 6) is 0. The lowest BCUT2D eigenvalue weighted by molar-refractivity contribution is -0.356. The van der Waals surface area contributed by atoms with Crippen molar-refractivity contribution in [3.63, 3.8) is 0 Å². The van der Waals surface area contributed by atoms with Crippen LogP contribution in [0.5, 0.6) is 0 Å². The van der Waals surface area contributed by atoms with Gasteiger partial charge in [-0.15, -0.1) is 0 Å². The Balaban J connectivity index is 1.87. The molecule has 0 N–H and O–H groups in total. The molecule has 4 heterocycles.